The van der Waals surface area contributed by atoms with Gasteiger partial charge in [0, 0.05) is 0 Å². The highest BCUT2D eigenvalue weighted by Gasteiger charge is 2.00. The lowest BCUT2D eigenvalue weighted by Gasteiger charge is -2.07. The summed E-state index contributed by atoms with van der Waals surface area (Å²) in [6, 6.07) is 10.3. The normalized spacial score (nSPS) is 9.57. The van der Waals surface area contributed by atoms with Gasteiger partial charge in [-0.25, -0.2) is 0 Å². The molecular weight excluding hydrogens is 252 g/mol. The molecule has 21 heavy (non-hydrogen) atoms. The third kappa shape index (κ3) is 9.28. The maximum Gasteiger partial charge on any atom is -0.0187 e. The second-order valence-corrected chi connectivity index (χ2v) is 5.88. The van der Waals surface area contributed by atoms with Crippen LogP contribution in [0.1, 0.15) is 78.7 Å². The van der Waals surface area contributed by atoms with Crippen LogP contribution in [0.3, 0.4) is 0 Å². The van der Waals surface area contributed by atoms with Crippen LogP contribution in [0.25, 0.3) is 5.57 Å². The number of unbranched alkanes of at least 4 members (excludes halogenated alkanes) is 5. The van der Waals surface area contributed by atoms with Crippen LogP contribution in [0.15, 0.2) is 48.1 Å². The molecule has 0 nitrogen and oxygen atoms in total. The molecule has 0 saturated heterocycles. The van der Waals surface area contributed by atoms with E-state index in [2.05, 4.69) is 53.3 Å². The van der Waals surface area contributed by atoms with Crippen LogP contribution in [-0.2, 0) is 0 Å². The Morgan fingerprint density at radius 1 is 0.810 bits per heavy atom. The van der Waals surface area contributed by atoms with Crippen molar-refractivity contribution in [2.75, 3.05) is 0 Å². The predicted molar refractivity (Wildman–Crippen MR) is 98.6 cm³/mol. The second kappa shape index (κ2) is 12.4. The molecule has 0 aliphatic rings. The fourth-order valence-corrected chi connectivity index (χ4v) is 2.01. The van der Waals surface area contributed by atoms with Crippen molar-refractivity contribution in [3.8, 4) is 0 Å². The van der Waals surface area contributed by atoms with Crippen LogP contribution < -0.4 is 0 Å². The van der Waals surface area contributed by atoms with E-state index >= 15 is 0 Å². The predicted octanol–water partition coefficient (Wildman–Crippen LogP) is 7.42. The van der Waals surface area contributed by atoms with E-state index in [9.17, 15) is 0 Å². The highest BCUT2D eigenvalue weighted by atomic mass is 14.1. The summed E-state index contributed by atoms with van der Waals surface area (Å²) in [6.07, 6.45) is 8.49. The molecular formula is C21H34. The smallest absolute Gasteiger partial charge is 0.0187 e. The van der Waals surface area contributed by atoms with Gasteiger partial charge in [0.25, 0.3) is 0 Å². The zero-order valence-corrected chi connectivity index (χ0v) is 14.8. The van der Waals surface area contributed by atoms with Gasteiger partial charge < -0.3 is 0 Å². The monoisotopic (exact) mass is 286 g/mol. The van der Waals surface area contributed by atoms with Crippen LogP contribution in [0.2, 0.25) is 0 Å². The van der Waals surface area contributed by atoms with Crippen molar-refractivity contribution in [2.24, 2.45) is 0 Å². The molecule has 1 aromatic carbocycles. The van der Waals surface area contributed by atoms with E-state index in [4.69, 9.17) is 0 Å². The highest BCUT2D eigenvalue weighted by molar-refractivity contribution is 5.77. The topological polar surface area (TPSA) is 0 Å². The summed E-state index contributed by atoms with van der Waals surface area (Å²) in [7, 11) is 0. The number of hydrogen-bond acceptors (Lipinski definition) is 0. The van der Waals surface area contributed by atoms with Crippen molar-refractivity contribution in [3.63, 3.8) is 0 Å². The van der Waals surface area contributed by atoms with Crippen molar-refractivity contribution >= 4 is 5.57 Å². The molecule has 0 aliphatic carbocycles. The molecule has 0 radical (unpaired) electrons. The molecule has 1 rings (SSSR count). The van der Waals surface area contributed by atoms with Crippen molar-refractivity contribution < 1.29 is 0 Å². The first kappa shape index (κ1) is 19.7. The fourth-order valence-electron chi connectivity index (χ4n) is 2.01. The maximum absolute atomic E-state index is 4.09. The van der Waals surface area contributed by atoms with Crippen molar-refractivity contribution in [2.45, 2.75) is 73.1 Å². The van der Waals surface area contributed by atoms with Gasteiger partial charge in [-0.1, -0.05) is 94.9 Å². The van der Waals surface area contributed by atoms with Crippen molar-refractivity contribution in [1.29, 1.82) is 0 Å². The Labute approximate surface area is 133 Å². The number of benzene rings is 1. The summed E-state index contributed by atoms with van der Waals surface area (Å²) in [6.45, 7) is 14.9. The molecule has 0 saturated carbocycles. The van der Waals surface area contributed by atoms with Crippen LogP contribution in [0.5, 0.6) is 0 Å². The van der Waals surface area contributed by atoms with Crippen LogP contribution >= 0.6 is 0 Å². The summed E-state index contributed by atoms with van der Waals surface area (Å²) in [5.41, 5.74) is 4.95. The Morgan fingerprint density at radius 3 is 1.67 bits per heavy atom. The van der Waals surface area contributed by atoms with Gasteiger partial charge >= 0.3 is 0 Å². The summed E-state index contributed by atoms with van der Waals surface area (Å²) in [5, 5.41) is 0. The molecule has 118 valence electrons. The van der Waals surface area contributed by atoms with Gasteiger partial charge in [0.1, 0.15) is 0 Å². The molecule has 0 heterocycles. The summed E-state index contributed by atoms with van der Waals surface area (Å²) >= 11 is 0. The van der Waals surface area contributed by atoms with Gasteiger partial charge in [0.2, 0.25) is 0 Å². The zero-order valence-electron chi connectivity index (χ0n) is 14.8. The Bertz CT molecular complexity index is 399. The summed E-state index contributed by atoms with van der Waals surface area (Å²) in [5.74, 6) is 0. The van der Waals surface area contributed by atoms with E-state index in [1.165, 1.54) is 55.2 Å². The average Bonchev–Trinajstić information content (AvgIpc) is 2.51. The van der Waals surface area contributed by atoms with Crippen molar-refractivity contribution in [3.05, 3.63) is 53.6 Å². The molecule has 1 aromatic rings. The highest BCUT2D eigenvalue weighted by Crippen LogP contribution is 2.22. The molecule has 0 heteroatoms. The number of allylic oxidation sites excluding steroid dienone is 3. The Kier molecular flexibility index (Phi) is 11.7. The van der Waals surface area contributed by atoms with Crippen LogP contribution in [0.4, 0.5) is 0 Å². The lowest BCUT2D eigenvalue weighted by molar-refractivity contribution is 0.624. The second-order valence-electron chi connectivity index (χ2n) is 5.88. The minimum atomic E-state index is 1.13. The molecule has 0 fully saturated rings. The largest absolute Gasteiger partial charge is 0.0909 e. The Morgan fingerprint density at radius 2 is 1.29 bits per heavy atom. The lowest BCUT2D eigenvalue weighted by atomic mass is 9.98. The van der Waals surface area contributed by atoms with Gasteiger partial charge in [-0.15, -0.1) is 0 Å². The number of rotatable bonds is 7. The first-order chi connectivity index (χ1) is 10.0. The van der Waals surface area contributed by atoms with Gasteiger partial charge in [-0.2, -0.15) is 0 Å². The average molecular weight is 287 g/mol. The van der Waals surface area contributed by atoms with Crippen molar-refractivity contribution in [1.82, 2.24) is 0 Å². The van der Waals surface area contributed by atoms with Crippen LogP contribution in [0, 0.1) is 0 Å². The molecule has 0 amide bonds. The van der Waals surface area contributed by atoms with E-state index in [0.717, 1.165) is 5.57 Å². The molecule has 0 unspecified atom stereocenters. The standard InChI is InChI=1S/C13H16.C8H18/c1-10(2)11(3)12(4)13-8-6-5-7-9-13;1-3-5-7-8-6-4-2/h5-9H,4H2,1-3H3;3-8H2,1-2H3. The molecule has 0 aliphatic heterocycles. The zero-order chi connectivity index (χ0) is 16.1. The first-order valence-corrected chi connectivity index (χ1v) is 8.43. The maximum atomic E-state index is 4.09. The molecule has 0 atom stereocenters. The van der Waals surface area contributed by atoms with Gasteiger partial charge in [0.15, 0.2) is 0 Å². The lowest BCUT2D eigenvalue weighted by Crippen LogP contribution is -1.86. The Hall–Kier alpha value is -1.30. The van der Waals surface area contributed by atoms with Gasteiger partial charge in [-0.3, -0.25) is 0 Å². The molecule has 0 bridgehead atoms. The minimum absolute atomic E-state index is 1.13. The fraction of sp³-hybridized carbons (Fsp3) is 0.524. The van der Waals surface area contributed by atoms with E-state index in [-0.39, 0.29) is 0 Å². The summed E-state index contributed by atoms with van der Waals surface area (Å²) < 4.78 is 0. The molecule has 0 aromatic heterocycles. The van der Waals surface area contributed by atoms with Gasteiger partial charge in [-0.05, 0) is 37.5 Å². The van der Waals surface area contributed by atoms with E-state index in [1.54, 1.807) is 0 Å². The van der Waals surface area contributed by atoms with E-state index in [0.29, 0.717) is 0 Å². The Balaban J connectivity index is 0.000000433. The van der Waals surface area contributed by atoms with Crippen LogP contribution in [-0.4, -0.2) is 0 Å². The third-order valence-electron chi connectivity index (χ3n) is 3.78. The molecule has 0 spiro atoms. The first-order valence-electron chi connectivity index (χ1n) is 8.43. The quantitative estimate of drug-likeness (QED) is 0.361. The van der Waals surface area contributed by atoms with Gasteiger partial charge in [0.05, 0.1) is 0 Å². The number of hydrogen-bond donors (Lipinski definition) is 0. The SMILES string of the molecule is C=C(C(C)=C(C)C)c1ccccc1.CCCCCCCC. The third-order valence-corrected chi connectivity index (χ3v) is 3.78. The molecule has 0 N–H and O–H groups in total. The minimum Gasteiger partial charge on any atom is -0.0909 e. The summed E-state index contributed by atoms with van der Waals surface area (Å²) in [4.78, 5) is 0. The van der Waals surface area contributed by atoms with E-state index in [1.807, 2.05) is 18.2 Å². The van der Waals surface area contributed by atoms with E-state index < -0.39 is 0 Å².